The lowest BCUT2D eigenvalue weighted by atomic mass is 10.1. The zero-order chi connectivity index (χ0) is 18.0. The second kappa shape index (κ2) is 7.55. The van der Waals surface area contributed by atoms with Crippen LogP contribution in [0.1, 0.15) is 17.8 Å². The molecule has 0 spiro atoms. The standard InChI is InChI=1S/C16H20ClN3O3S2/c1-20-15(7-11-5-6-25(21,22)10-11)18-19-16(20)24-9-12-8-13(17)3-4-14(12)23-2/h3-4,8,11H,5-7,9-10H2,1-2H3/t11-/m1/s1. The first-order valence-electron chi connectivity index (χ1n) is 7.92. The highest BCUT2D eigenvalue weighted by atomic mass is 35.5. The number of halogens is 1. The molecule has 1 aliphatic rings. The maximum Gasteiger partial charge on any atom is 0.191 e. The van der Waals surface area contributed by atoms with Crippen LogP contribution in [0.3, 0.4) is 0 Å². The van der Waals surface area contributed by atoms with Gasteiger partial charge in [0.15, 0.2) is 15.0 Å². The lowest BCUT2D eigenvalue weighted by molar-refractivity contribution is 0.411. The van der Waals surface area contributed by atoms with Gasteiger partial charge in [-0.3, -0.25) is 0 Å². The van der Waals surface area contributed by atoms with Gasteiger partial charge in [-0.15, -0.1) is 10.2 Å². The summed E-state index contributed by atoms with van der Waals surface area (Å²) in [6.45, 7) is 0. The summed E-state index contributed by atoms with van der Waals surface area (Å²) >= 11 is 7.61. The summed E-state index contributed by atoms with van der Waals surface area (Å²) in [5, 5.41) is 9.93. The molecule has 1 aromatic heterocycles. The lowest BCUT2D eigenvalue weighted by Gasteiger charge is -2.09. The van der Waals surface area contributed by atoms with Gasteiger partial charge in [-0.2, -0.15) is 0 Å². The van der Waals surface area contributed by atoms with Gasteiger partial charge in [0.2, 0.25) is 0 Å². The van der Waals surface area contributed by atoms with Gasteiger partial charge in [-0.05, 0) is 30.5 Å². The normalized spacial score (nSPS) is 19.2. The third-order valence-electron chi connectivity index (χ3n) is 4.32. The van der Waals surface area contributed by atoms with Gasteiger partial charge in [0.25, 0.3) is 0 Å². The minimum absolute atomic E-state index is 0.138. The second-order valence-corrected chi connectivity index (χ2v) is 9.78. The van der Waals surface area contributed by atoms with Gasteiger partial charge in [-0.25, -0.2) is 8.42 Å². The first-order chi connectivity index (χ1) is 11.9. The molecule has 25 heavy (non-hydrogen) atoms. The summed E-state index contributed by atoms with van der Waals surface area (Å²) in [6, 6.07) is 5.53. The minimum Gasteiger partial charge on any atom is -0.496 e. The molecule has 0 N–H and O–H groups in total. The lowest BCUT2D eigenvalue weighted by Crippen LogP contribution is -2.11. The summed E-state index contributed by atoms with van der Waals surface area (Å²) in [7, 11) is 0.677. The number of hydrogen-bond acceptors (Lipinski definition) is 6. The molecule has 1 atom stereocenters. The van der Waals surface area contributed by atoms with Crippen LogP contribution in [0, 0.1) is 5.92 Å². The number of ether oxygens (including phenoxy) is 1. The van der Waals surface area contributed by atoms with Crippen molar-refractivity contribution in [2.75, 3.05) is 18.6 Å². The Morgan fingerprint density at radius 3 is 2.88 bits per heavy atom. The van der Waals surface area contributed by atoms with E-state index in [1.165, 1.54) is 0 Å². The van der Waals surface area contributed by atoms with E-state index in [0.717, 1.165) is 22.3 Å². The molecular weight excluding hydrogens is 382 g/mol. The largest absolute Gasteiger partial charge is 0.496 e. The van der Waals surface area contributed by atoms with E-state index in [0.29, 0.717) is 23.6 Å². The molecule has 9 heteroatoms. The predicted molar refractivity (Wildman–Crippen MR) is 99.0 cm³/mol. The van der Waals surface area contributed by atoms with Crippen molar-refractivity contribution in [3.8, 4) is 5.75 Å². The maximum absolute atomic E-state index is 11.6. The molecule has 2 aromatic rings. The summed E-state index contributed by atoms with van der Waals surface area (Å²) in [6.07, 6.45) is 1.35. The fraction of sp³-hybridized carbons (Fsp3) is 0.500. The van der Waals surface area contributed by atoms with Crippen molar-refractivity contribution < 1.29 is 13.2 Å². The average Bonchev–Trinajstić information content (AvgIpc) is 3.08. The van der Waals surface area contributed by atoms with E-state index in [2.05, 4.69) is 10.2 Å². The van der Waals surface area contributed by atoms with Crippen molar-refractivity contribution >= 4 is 33.2 Å². The molecule has 6 nitrogen and oxygen atoms in total. The molecule has 0 aliphatic carbocycles. The highest BCUT2D eigenvalue weighted by molar-refractivity contribution is 7.98. The topological polar surface area (TPSA) is 74.1 Å². The van der Waals surface area contributed by atoms with Crippen LogP contribution in [0.25, 0.3) is 0 Å². The maximum atomic E-state index is 11.6. The van der Waals surface area contributed by atoms with E-state index in [1.807, 2.05) is 23.7 Å². The number of aromatic nitrogens is 3. The van der Waals surface area contributed by atoms with Crippen LogP contribution in [-0.2, 0) is 29.1 Å². The Balaban J connectivity index is 1.67. The van der Waals surface area contributed by atoms with Gasteiger partial charge in [0, 0.05) is 29.8 Å². The highest BCUT2D eigenvalue weighted by Gasteiger charge is 2.29. The molecule has 0 amide bonds. The van der Waals surface area contributed by atoms with E-state index in [-0.39, 0.29) is 17.4 Å². The van der Waals surface area contributed by atoms with E-state index in [1.54, 1.807) is 24.9 Å². The molecular formula is C16H20ClN3O3S2. The van der Waals surface area contributed by atoms with Gasteiger partial charge in [0.05, 0.1) is 18.6 Å². The van der Waals surface area contributed by atoms with Crippen LogP contribution in [-0.4, -0.2) is 41.8 Å². The van der Waals surface area contributed by atoms with Crippen molar-refractivity contribution in [2.24, 2.45) is 13.0 Å². The molecule has 0 unspecified atom stereocenters. The van der Waals surface area contributed by atoms with Crippen molar-refractivity contribution in [1.29, 1.82) is 0 Å². The summed E-state index contributed by atoms with van der Waals surface area (Å²) in [5.41, 5.74) is 0.992. The number of rotatable bonds is 6. The predicted octanol–water partition coefficient (Wildman–Crippen LogP) is 2.75. The quantitative estimate of drug-likeness (QED) is 0.693. The molecule has 2 heterocycles. The number of benzene rings is 1. The number of methoxy groups -OCH3 is 1. The first kappa shape index (κ1) is 18.5. The summed E-state index contributed by atoms with van der Waals surface area (Å²) in [4.78, 5) is 0. The van der Waals surface area contributed by atoms with E-state index in [4.69, 9.17) is 16.3 Å². The number of thioether (sulfide) groups is 1. The Morgan fingerprint density at radius 2 is 2.20 bits per heavy atom. The number of sulfone groups is 1. The Kier molecular flexibility index (Phi) is 5.60. The van der Waals surface area contributed by atoms with E-state index >= 15 is 0 Å². The Hall–Kier alpha value is -1.25. The van der Waals surface area contributed by atoms with Crippen molar-refractivity contribution in [1.82, 2.24) is 14.8 Å². The van der Waals surface area contributed by atoms with Crippen LogP contribution >= 0.6 is 23.4 Å². The number of nitrogens with zero attached hydrogens (tertiary/aromatic N) is 3. The van der Waals surface area contributed by atoms with Crippen LogP contribution in [0.15, 0.2) is 23.4 Å². The van der Waals surface area contributed by atoms with Crippen LogP contribution < -0.4 is 4.74 Å². The molecule has 0 bridgehead atoms. The van der Waals surface area contributed by atoms with Crippen molar-refractivity contribution in [3.63, 3.8) is 0 Å². The van der Waals surface area contributed by atoms with E-state index < -0.39 is 9.84 Å². The third kappa shape index (κ3) is 4.48. The molecule has 1 aromatic carbocycles. The minimum atomic E-state index is -2.87. The molecule has 1 aliphatic heterocycles. The van der Waals surface area contributed by atoms with Crippen molar-refractivity contribution in [3.05, 3.63) is 34.6 Å². The molecule has 136 valence electrons. The molecule has 3 rings (SSSR count). The number of hydrogen-bond donors (Lipinski definition) is 0. The van der Waals surface area contributed by atoms with Crippen LogP contribution in [0.2, 0.25) is 5.02 Å². The fourth-order valence-electron chi connectivity index (χ4n) is 2.94. The van der Waals surface area contributed by atoms with Gasteiger partial charge in [0.1, 0.15) is 11.6 Å². The third-order valence-corrected chi connectivity index (χ3v) is 7.46. The fourth-order valence-corrected chi connectivity index (χ4v) is 5.91. The van der Waals surface area contributed by atoms with Gasteiger partial charge < -0.3 is 9.30 Å². The Morgan fingerprint density at radius 1 is 1.40 bits per heavy atom. The smallest absolute Gasteiger partial charge is 0.191 e. The first-order valence-corrected chi connectivity index (χ1v) is 11.1. The van der Waals surface area contributed by atoms with E-state index in [9.17, 15) is 8.42 Å². The van der Waals surface area contributed by atoms with Crippen LogP contribution in [0.5, 0.6) is 5.75 Å². The van der Waals surface area contributed by atoms with Crippen LogP contribution in [0.4, 0.5) is 0 Å². The SMILES string of the molecule is COc1ccc(Cl)cc1CSc1nnc(C[C@H]2CCS(=O)(=O)C2)n1C. The highest BCUT2D eigenvalue weighted by Crippen LogP contribution is 2.30. The van der Waals surface area contributed by atoms with Gasteiger partial charge >= 0.3 is 0 Å². The zero-order valence-corrected chi connectivity index (χ0v) is 16.5. The molecule has 0 radical (unpaired) electrons. The molecule has 0 saturated carbocycles. The Labute approximate surface area is 156 Å². The zero-order valence-electron chi connectivity index (χ0n) is 14.1. The second-order valence-electron chi connectivity index (χ2n) is 6.18. The average molecular weight is 402 g/mol. The summed E-state index contributed by atoms with van der Waals surface area (Å²) < 4.78 is 30.5. The van der Waals surface area contributed by atoms with Crippen molar-refractivity contribution in [2.45, 2.75) is 23.8 Å². The molecule has 1 fully saturated rings. The summed E-state index contributed by atoms with van der Waals surface area (Å²) in [5.74, 6) is 2.94. The van der Waals surface area contributed by atoms with Gasteiger partial charge in [-0.1, -0.05) is 23.4 Å². The molecule has 1 saturated heterocycles. The Bertz CT molecular complexity index is 868. The monoisotopic (exact) mass is 401 g/mol.